The molecule has 5 heteroatoms. The van der Waals surface area contributed by atoms with Crippen molar-refractivity contribution >= 4 is 16.7 Å². The number of hydrogen-bond acceptors (Lipinski definition) is 3. The van der Waals surface area contributed by atoms with E-state index < -0.39 is 10.8 Å². The molecular formula is C16H21NO3S. The molecule has 1 aromatic rings. The van der Waals surface area contributed by atoms with Crippen LogP contribution < -0.4 is 5.32 Å². The Balaban J connectivity index is 2.64. The van der Waals surface area contributed by atoms with Gasteiger partial charge < -0.3 is 10.4 Å². The van der Waals surface area contributed by atoms with Crippen LogP contribution in [0.3, 0.4) is 0 Å². The number of aryl methyl sites for hydroxylation is 1. The van der Waals surface area contributed by atoms with Gasteiger partial charge in [-0.05, 0) is 30.7 Å². The first-order chi connectivity index (χ1) is 10.1. The Bertz CT molecular complexity index is 573. The van der Waals surface area contributed by atoms with Crippen LogP contribution in [0.25, 0.3) is 0 Å². The third-order valence-electron chi connectivity index (χ3n) is 2.89. The van der Waals surface area contributed by atoms with E-state index in [1.807, 2.05) is 13.8 Å². The maximum absolute atomic E-state index is 12.0. The lowest BCUT2D eigenvalue weighted by atomic mass is 10.0. The van der Waals surface area contributed by atoms with Gasteiger partial charge >= 0.3 is 0 Å². The molecule has 0 saturated carbocycles. The lowest BCUT2D eigenvalue weighted by molar-refractivity contribution is 0.0956. The van der Waals surface area contributed by atoms with Crippen molar-refractivity contribution in [2.45, 2.75) is 20.3 Å². The normalized spacial score (nSPS) is 11.4. The van der Waals surface area contributed by atoms with Crippen LogP contribution in [-0.4, -0.2) is 39.9 Å². The number of rotatable bonds is 6. The maximum atomic E-state index is 12.0. The zero-order valence-electron chi connectivity index (χ0n) is 12.4. The van der Waals surface area contributed by atoms with Gasteiger partial charge in [0.2, 0.25) is 0 Å². The Hall–Kier alpha value is -1.64. The summed E-state index contributed by atoms with van der Waals surface area (Å²) in [5, 5.41) is 11.5. The van der Waals surface area contributed by atoms with Crippen LogP contribution in [0.15, 0.2) is 18.2 Å². The van der Waals surface area contributed by atoms with Crippen LogP contribution >= 0.6 is 0 Å². The van der Waals surface area contributed by atoms with E-state index in [0.717, 1.165) is 11.1 Å². The molecule has 1 amide bonds. The number of carbonyl (C=O) groups excluding carboxylic acids is 1. The summed E-state index contributed by atoms with van der Waals surface area (Å²) >= 11 is 0. The fourth-order valence-electron chi connectivity index (χ4n) is 1.68. The van der Waals surface area contributed by atoms with E-state index in [1.165, 1.54) is 0 Å². The van der Waals surface area contributed by atoms with Gasteiger partial charge in [-0.15, -0.1) is 0 Å². The van der Waals surface area contributed by atoms with Gasteiger partial charge in [0.1, 0.15) is 0 Å². The average molecular weight is 307 g/mol. The molecule has 0 aliphatic rings. The first-order valence-electron chi connectivity index (χ1n) is 6.92. The van der Waals surface area contributed by atoms with E-state index in [-0.39, 0.29) is 12.5 Å². The number of nitrogens with one attached hydrogen (secondary N) is 1. The number of amides is 1. The molecule has 0 aliphatic heterocycles. The van der Waals surface area contributed by atoms with Gasteiger partial charge in [-0.3, -0.25) is 9.00 Å². The van der Waals surface area contributed by atoms with Crippen molar-refractivity contribution in [1.29, 1.82) is 0 Å². The van der Waals surface area contributed by atoms with Crippen LogP contribution in [0.1, 0.15) is 34.8 Å². The third kappa shape index (κ3) is 6.11. The zero-order chi connectivity index (χ0) is 15.7. The SMILES string of the molecule is CCS(=O)CCNC(=O)c1ccc(C#CCCO)c(C)c1. The molecule has 1 aromatic carbocycles. The Morgan fingerprint density at radius 1 is 1.43 bits per heavy atom. The first kappa shape index (κ1) is 17.4. The van der Waals surface area contributed by atoms with Gasteiger partial charge in [0.25, 0.3) is 5.91 Å². The van der Waals surface area contributed by atoms with Crippen LogP contribution in [0.5, 0.6) is 0 Å². The van der Waals surface area contributed by atoms with Crippen molar-refractivity contribution in [2.24, 2.45) is 0 Å². The van der Waals surface area contributed by atoms with Gasteiger partial charge in [0.05, 0.1) is 6.61 Å². The van der Waals surface area contributed by atoms with Gasteiger partial charge in [0.15, 0.2) is 0 Å². The largest absolute Gasteiger partial charge is 0.395 e. The summed E-state index contributed by atoms with van der Waals surface area (Å²) in [6.45, 7) is 4.21. The molecule has 0 saturated heterocycles. The predicted octanol–water partition coefficient (Wildman–Crippen LogP) is 1.23. The minimum Gasteiger partial charge on any atom is -0.395 e. The summed E-state index contributed by atoms with van der Waals surface area (Å²) < 4.78 is 11.3. The van der Waals surface area contributed by atoms with Gasteiger partial charge in [-0.2, -0.15) is 0 Å². The van der Waals surface area contributed by atoms with E-state index in [9.17, 15) is 9.00 Å². The lowest BCUT2D eigenvalue weighted by Crippen LogP contribution is -2.28. The standard InChI is InChI=1S/C16H21NO3S/c1-3-21(20)11-9-17-16(19)15-8-7-14(13(2)12-15)6-4-5-10-18/h7-8,12,18H,3,5,9-11H2,1-2H3,(H,17,19). The predicted molar refractivity (Wildman–Crippen MR) is 85.6 cm³/mol. The van der Waals surface area contributed by atoms with E-state index in [1.54, 1.807) is 18.2 Å². The van der Waals surface area contributed by atoms with Crippen molar-refractivity contribution in [3.8, 4) is 11.8 Å². The quantitative estimate of drug-likeness (QED) is 0.777. The molecule has 1 rings (SSSR count). The Morgan fingerprint density at radius 3 is 2.81 bits per heavy atom. The molecule has 0 radical (unpaired) electrons. The number of aliphatic hydroxyl groups is 1. The second-order valence-electron chi connectivity index (χ2n) is 4.49. The van der Waals surface area contributed by atoms with E-state index in [4.69, 9.17) is 5.11 Å². The Morgan fingerprint density at radius 2 is 2.19 bits per heavy atom. The summed E-state index contributed by atoms with van der Waals surface area (Å²) in [6.07, 6.45) is 0.441. The highest BCUT2D eigenvalue weighted by Gasteiger charge is 2.07. The van der Waals surface area contributed by atoms with Crippen LogP contribution in [-0.2, 0) is 10.8 Å². The second-order valence-corrected chi connectivity index (χ2v) is 6.36. The van der Waals surface area contributed by atoms with Crippen molar-refractivity contribution in [2.75, 3.05) is 24.7 Å². The highest BCUT2D eigenvalue weighted by molar-refractivity contribution is 7.84. The van der Waals surface area contributed by atoms with Crippen LogP contribution in [0.2, 0.25) is 0 Å². The van der Waals surface area contributed by atoms with E-state index in [2.05, 4.69) is 17.2 Å². The molecule has 1 atom stereocenters. The van der Waals surface area contributed by atoms with Crippen molar-refractivity contribution < 1.29 is 14.1 Å². The third-order valence-corrected chi connectivity index (χ3v) is 4.19. The topological polar surface area (TPSA) is 66.4 Å². The summed E-state index contributed by atoms with van der Waals surface area (Å²) in [4.78, 5) is 12.0. The molecule has 0 aromatic heterocycles. The molecule has 4 nitrogen and oxygen atoms in total. The fraction of sp³-hybridized carbons (Fsp3) is 0.438. The highest BCUT2D eigenvalue weighted by atomic mass is 32.2. The molecule has 1 unspecified atom stereocenters. The van der Waals surface area contributed by atoms with Gasteiger partial charge in [-0.1, -0.05) is 18.8 Å². The molecule has 21 heavy (non-hydrogen) atoms. The number of aliphatic hydroxyl groups excluding tert-OH is 1. The smallest absolute Gasteiger partial charge is 0.251 e. The molecule has 0 heterocycles. The lowest BCUT2D eigenvalue weighted by Gasteiger charge is -2.06. The molecule has 0 spiro atoms. The Kier molecular flexibility index (Phi) is 7.73. The molecule has 2 N–H and O–H groups in total. The summed E-state index contributed by atoms with van der Waals surface area (Å²) in [7, 11) is -0.866. The number of hydrogen-bond donors (Lipinski definition) is 2. The van der Waals surface area contributed by atoms with Gasteiger partial charge in [-0.25, -0.2) is 0 Å². The highest BCUT2D eigenvalue weighted by Crippen LogP contribution is 2.10. The maximum Gasteiger partial charge on any atom is 0.251 e. The van der Waals surface area contributed by atoms with Crippen LogP contribution in [0, 0.1) is 18.8 Å². The average Bonchev–Trinajstić information content (AvgIpc) is 2.48. The van der Waals surface area contributed by atoms with E-state index in [0.29, 0.717) is 30.0 Å². The molecule has 0 bridgehead atoms. The molecular weight excluding hydrogens is 286 g/mol. The van der Waals surface area contributed by atoms with Crippen molar-refractivity contribution in [1.82, 2.24) is 5.32 Å². The zero-order valence-corrected chi connectivity index (χ0v) is 13.3. The van der Waals surface area contributed by atoms with Crippen LogP contribution in [0.4, 0.5) is 0 Å². The number of benzene rings is 1. The first-order valence-corrected chi connectivity index (χ1v) is 8.40. The molecule has 0 aliphatic carbocycles. The van der Waals surface area contributed by atoms with Gasteiger partial charge in [0, 0.05) is 46.4 Å². The van der Waals surface area contributed by atoms with E-state index >= 15 is 0 Å². The second kappa shape index (κ2) is 9.32. The summed E-state index contributed by atoms with van der Waals surface area (Å²) in [6, 6.07) is 5.32. The minimum atomic E-state index is -0.866. The number of carbonyl (C=O) groups is 1. The molecule has 114 valence electrons. The summed E-state index contributed by atoms with van der Waals surface area (Å²) in [5.74, 6) is 6.74. The van der Waals surface area contributed by atoms with Crippen molar-refractivity contribution in [3.63, 3.8) is 0 Å². The van der Waals surface area contributed by atoms with Crippen molar-refractivity contribution in [3.05, 3.63) is 34.9 Å². The fourth-order valence-corrected chi connectivity index (χ4v) is 2.30. The Labute approximate surface area is 128 Å². The minimum absolute atomic E-state index is 0.0473. The summed E-state index contributed by atoms with van der Waals surface area (Å²) in [5.41, 5.74) is 2.35. The molecule has 0 fully saturated rings. The monoisotopic (exact) mass is 307 g/mol.